The first-order valence-electron chi connectivity index (χ1n) is 8.82. The number of hydrogen-bond acceptors (Lipinski definition) is 5. The summed E-state index contributed by atoms with van der Waals surface area (Å²) < 4.78 is 10.8. The van der Waals surface area contributed by atoms with Gasteiger partial charge in [0, 0.05) is 11.6 Å². The smallest absolute Gasteiger partial charge is 0.407 e. The number of aromatic nitrogens is 1. The zero-order valence-corrected chi connectivity index (χ0v) is 14.6. The van der Waals surface area contributed by atoms with Gasteiger partial charge in [0.1, 0.15) is 18.7 Å². The van der Waals surface area contributed by atoms with Gasteiger partial charge in [-0.3, -0.25) is 4.79 Å². The van der Waals surface area contributed by atoms with E-state index in [2.05, 4.69) is 15.6 Å². The number of alkyl carbamates (subject to hydrolysis) is 1. The highest BCUT2D eigenvalue weighted by molar-refractivity contribution is 5.95. The van der Waals surface area contributed by atoms with E-state index in [9.17, 15) is 9.59 Å². The zero-order valence-electron chi connectivity index (χ0n) is 14.6. The van der Waals surface area contributed by atoms with Crippen LogP contribution in [0.4, 0.5) is 10.5 Å². The topological polar surface area (TPSA) is 93.5 Å². The summed E-state index contributed by atoms with van der Waals surface area (Å²) >= 11 is 0. The molecule has 0 unspecified atom stereocenters. The molecule has 1 aromatic heterocycles. The number of carbonyl (C=O) groups excluding carboxylic acids is 2. The average molecular weight is 365 g/mol. The Morgan fingerprint density at radius 1 is 1.15 bits per heavy atom. The number of rotatable bonds is 6. The van der Waals surface area contributed by atoms with E-state index in [1.54, 1.807) is 18.2 Å². The summed E-state index contributed by atoms with van der Waals surface area (Å²) in [6, 6.07) is 14.6. The summed E-state index contributed by atoms with van der Waals surface area (Å²) in [7, 11) is 0. The maximum atomic E-state index is 12.0. The third-order valence-electron chi connectivity index (χ3n) is 4.22. The Bertz CT molecular complexity index is 964. The van der Waals surface area contributed by atoms with Crippen molar-refractivity contribution in [2.45, 2.75) is 25.4 Å². The normalized spacial score (nSPS) is 13.3. The molecule has 1 aliphatic rings. The van der Waals surface area contributed by atoms with Crippen molar-refractivity contribution in [3.63, 3.8) is 0 Å². The first kappa shape index (κ1) is 17.1. The maximum absolute atomic E-state index is 12.0. The highest BCUT2D eigenvalue weighted by Gasteiger charge is 2.28. The van der Waals surface area contributed by atoms with E-state index in [1.807, 2.05) is 30.3 Å². The van der Waals surface area contributed by atoms with Gasteiger partial charge in [0.15, 0.2) is 11.5 Å². The molecule has 0 bridgehead atoms. The number of fused-ring (bicyclic) bond motifs is 1. The second-order valence-corrected chi connectivity index (χ2v) is 6.47. The number of nitrogens with zero attached hydrogens (tertiary/aromatic N) is 1. The third kappa shape index (κ3) is 4.44. The SMILES string of the molecule is O=C(CNC(=O)OCc1ccccc1)Nc1ccc2oc(C3CC3)nc2c1. The molecule has 2 amide bonds. The fourth-order valence-electron chi connectivity index (χ4n) is 2.66. The van der Waals surface area contributed by atoms with Crippen LogP contribution in [0.2, 0.25) is 0 Å². The first-order chi connectivity index (χ1) is 13.2. The lowest BCUT2D eigenvalue weighted by Crippen LogP contribution is -2.33. The minimum absolute atomic E-state index is 0.153. The molecule has 3 aromatic rings. The molecular weight excluding hydrogens is 346 g/mol. The summed E-state index contributed by atoms with van der Waals surface area (Å²) in [5.41, 5.74) is 2.90. The number of carbonyl (C=O) groups is 2. The van der Waals surface area contributed by atoms with Crippen LogP contribution in [0.1, 0.15) is 30.2 Å². The highest BCUT2D eigenvalue weighted by Crippen LogP contribution is 2.40. The van der Waals surface area contributed by atoms with E-state index in [-0.39, 0.29) is 19.1 Å². The predicted octanol–water partition coefficient (Wildman–Crippen LogP) is 3.57. The van der Waals surface area contributed by atoms with Crippen LogP contribution in [0.5, 0.6) is 0 Å². The number of oxazole rings is 1. The van der Waals surface area contributed by atoms with Crippen LogP contribution >= 0.6 is 0 Å². The van der Waals surface area contributed by atoms with Gasteiger partial charge in [0.25, 0.3) is 0 Å². The Morgan fingerprint density at radius 3 is 2.74 bits per heavy atom. The predicted molar refractivity (Wildman–Crippen MR) is 99.2 cm³/mol. The van der Waals surface area contributed by atoms with Gasteiger partial charge in [0.2, 0.25) is 5.91 Å². The highest BCUT2D eigenvalue weighted by atomic mass is 16.5. The molecule has 0 radical (unpaired) electrons. The van der Waals surface area contributed by atoms with Crippen molar-refractivity contribution in [1.82, 2.24) is 10.3 Å². The summed E-state index contributed by atoms with van der Waals surface area (Å²) in [5, 5.41) is 5.16. The lowest BCUT2D eigenvalue weighted by atomic mass is 10.2. The molecule has 1 saturated carbocycles. The van der Waals surface area contributed by atoms with Gasteiger partial charge in [-0.2, -0.15) is 0 Å². The lowest BCUT2D eigenvalue weighted by molar-refractivity contribution is -0.115. The Kier molecular flexibility index (Phi) is 4.74. The second kappa shape index (κ2) is 7.49. The van der Waals surface area contributed by atoms with E-state index in [4.69, 9.17) is 9.15 Å². The molecule has 0 saturated heterocycles. The first-order valence-corrected chi connectivity index (χ1v) is 8.82. The van der Waals surface area contributed by atoms with E-state index in [0.717, 1.165) is 24.3 Å². The van der Waals surface area contributed by atoms with E-state index in [1.165, 1.54) is 0 Å². The van der Waals surface area contributed by atoms with Crippen molar-refractivity contribution in [3.05, 3.63) is 60.0 Å². The minimum Gasteiger partial charge on any atom is -0.445 e. The van der Waals surface area contributed by atoms with Crippen LogP contribution in [0.15, 0.2) is 52.9 Å². The monoisotopic (exact) mass is 365 g/mol. The fourth-order valence-corrected chi connectivity index (χ4v) is 2.66. The molecular formula is C20H19N3O4. The molecule has 4 rings (SSSR count). The Morgan fingerprint density at radius 2 is 1.96 bits per heavy atom. The molecule has 138 valence electrons. The van der Waals surface area contributed by atoms with Gasteiger partial charge in [-0.15, -0.1) is 0 Å². The Labute approximate surface area is 155 Å². The fraction of sp³-hybridized carbons (Fsp3) is 0.250. The van der Waals surface area contributed by atoms with Crippen LogP contribution in [-0.4, -0.2) is 23.5 Å². The summed E-state index contributed by atoms with van der Waals surface area (Å²) in [5.74, 6) is 0.842. The average Bonchev–Trinajstić information content (AvgIpc) is 3.45. The van der Waals surface area contributed by atoms with Gasteiger partial charge < -0.3 is 19.8 Å². The van der Waals surface area contributed by atoms with Crippen LogP contribution in [0.25, 0.3) is 11.1 Å². The van der Waals surface area contributed by atoms with Gasteiger partial charge in [-0.25, -0.2) is 9.78 Å². The van der Waals surface area contributed by atoms with Gasteiger partial charge >= 0.3 is 6.09 Å². The Balaban J connectivity index is 1.26. The lowest BCUT2D eigenvalue weighted by Gasteiger charge is -2.08. The molecule has 1 fully saturated rings. The molecule has 0 atom stereocenters. The number of ether oxygens (including phenoxy) is 1. The number of amides is 2. The molecule has 0 spiro atoms. The molecule has 7 nitrogen and oxygen atoms in total. The summed E-state index contributed by atoms with van der Waals surface area (Å²) in [4.78, 5) is 28.2. The molecule has 1 aliphatic carbocycles. The zero-order chi connectivity index (χ0) is 18.6. The Hall–Kier alpha value is -3.35. The number of anilines is 1. The number of nitrogens with one attached hydrogen (secondary N) is 2. The van der Waals surface area contributed by atoms with Gasteiger partial charge in [-0.05, 0) is 36.6 Å². The van der Waals surface area contributed by atoms with E-state index < -0.39 is 6.09 Å². The minimum atomic E-state index is -0.643. The maximum Gasteiger partial charge on any atom is 0.407 e. The third-order valence-corrected chi connectivity index (χ3v) is 4.22. The van der Waals surface area contributed by atoms with E-state index >= 15 is 0 Å². The molecule has 27 heavy (non-hydrogen) atoms. The summed E-state index contributed by atoms with van der Waals surface area (Å²) in [6.45, 7) is -0.0295. The number of benzene rings is 2. The van der Waals surface area contributed by atoms with Gasteiger partial charge in [0.05, 0.1) is 0 Å². The van der Waals surface area contributed by atoms with Crippen LogP contribution in [0.3, 0.4) is 0 Å². The van der Waals surface area contributed by atoms with Crippen molar-refractivity contribution in [1.29, 1.82) is 0 Å². The van der Waals surface area contributed by atoms with Crippen LogP contribution in [-0.2, 0) is 16.1 Å². The van der Waals surface area contributed by atoms with Gasteiger partial charge in [-0.1, -0.05) is 30.3 Å². The molecule has 2 N–H and O–H groups in total. The van der Waals surface area contributed by atoms with Crippen LogP contribution < -0.4 is 10.6 Å². The van der Waals surface area contributed by atoms with Crippen molar-refractivity contribution in [2.24, 2.45) is 0 Å². The van der Waals surface area contributed by atoms with Crippen molar-refractivity contribution in [2.75, 3.05) is 11.9 Å². The second-order valence-electron chi connectivity index (χ2n) is 6.47. The standard InChI is InChI=1S/C20H19N3O4/c24-18(11-21-20(25)26-12-13-4-2-1-3-5-13)22-15-8-9-17-16(10-15)23-19(27-17)14-6-7-14/h1-5,8-10,14H,6-7,11-12H2,(H,21,25)(H,22,24). The van der Waals surface area contributed by atoms with Crippen molar-refractivity contribution >= 4 is 28.8 Å². The van der Waals surface area contributed by atoms with Crippen LogP contribution in [0, 0.1) is 0 Å². The summed E-state index contributed by atoms with van der Waals surface area (Å²) in [6.07, 6.45) is 1.58. The van der Waals surface area contributed by atoms with Crippen molar-refractivity contribution < 1.29 is 18.7 Å². The largest absolute Gasteiger partial charge is 0.445 e. The van der Waals surface area contributed by atoms with Crippen molar-refractivity contribution in [3.8, 4) is 0 Å². The molecule has 7 heteroatoms. The van der Waals surface area contributed by atoms with E-state index in [0.29, 0.717) is 22.7 Å². The molecule has 0 aliphatic heterocycles. The molecule has 2 aromatic carbocycles. The molecule has 1 heterocycles. The number of hydrogen-bond donors (Lipinski definition) is 2. The quantitative estimate of drug-likeness (QED) is 0.696.